The summed E-state index contributed by atoms with van der Waals surface area (Å²) in [6.45, 7) is 5.62. The minimum atomic E-state index is -2.19. The molecule has 0 saturated heterocycles. The smallest absolute Gasteiger partial charge is 0.377 e. The lowest BCUT2D eigenvalue weighted by Crippen LogP contribution is -2.41. The van der Waals surface area contributed by atoms with Crippen LogP contribution >= 0.6 is 0 Å². The first-order chi connectivity index (χ1) is 12.6. The third kappa shape index (κ3) is 9.76. The summed E-state index contributed by atoms with van der Waals surface area (Å²) in [7, 11) is 2.65. The summed E-state index contributed by atoms with van der Waals surface area (Å²) < 4.78 is 15.2. The fraction of sp³-hybridized carbons (Fsp3) is 0.250. The SMILES string of the molecule is C=Cc1ccccc1.CC[Si](OC)(OC)OC.N#CNc1ccccc1. The predicted octanol–water partition coefficient (Wildman–Crippen LogP) is 4.79. The van der Waals surface area contributed by atoms with Crippen LogP contribution in [0.4, 0.5) is 5.69 Å². The molecule has 0 aliphatic heterocycles. The van der Waals surface area contributed by atoms with Crippen LogP contribution in [0.1, 0.15) is 12.5 Å². The fourth-order valence-electron chi connectivity index (χ4n) is 1.86. The first kappa shape index (κ1) is 23.6. The van der Waals surface area contributed by atoms with Crippen LogP contribution in [0, 0.1) is 11.5 Å². The van der Waals surface area contributed by atoms with E-state index in [1.165, 1.54) is 5.56 Å². The van der Waals surface area contributed by atoms with Gasteiger partial charge < -0.3 is 13.3 Å². The van der Waals surface area contributed by atoms with Crippen molar-refractivity contribution in [2.45, 2.75) is 13.0 Å². The lowest BCUT2D eigenvalue weighted by atomic mass is 10.2. The molecule has 0 aliphatic rings. The van der Waals surface area contributed by atoms with Gasteiger partial charge in [-0.3, -0.25) is 5.32 Å². The molecule has 0 radical (unpaired) electrons. The molecule has 26 heavy (non-hydrogen) atoms. The molecule has 0 amide bonds. The molecule has 0 heterocycles. The minimum absolute atomic E-state index is 0.816. The van der Waals surface area contributed by atoms with E-state index in [9.17, 15) is 0 Å². The predicted molar refractivity (Wildman–Crippen MR) is 109 cm³/mol. The maximum Gasteiger partial charge on any atom is 0.499 e. The van der Waals surface area contributed by atoms with Gasteiger partial charge in [0, 0.05) is 33.1 Å². The Balaban J connectivity index is 0.000000361. The van der Waals surface area contributed by atoms with Crippen molar-refractivity contribution in [3.8, 4) is 6.19 Å². The maximum atomic E-state index is 8.16. The molecule has 140 valence electrons. The Morgan fingerprint density at radius 3 is 1.69 bits per heavy atom. The van der Waals surface area contributed by atoms with Gasteiger partial charge in [0.1, 0.15) is 0 Å². The largest absolute Gasteiger partial charge is 0.499 e. The molecule has 2 aromatic carbocycles. The molecule has 0 spiro atoms. The van der Waals surface area contributed by atoms with Crippen LogP contribution in [-0.2, 0) is 13.3 Å². The topological polar surface area (TPSA) is 63.5 Å². The number of hydrogen-bond acceptors (Lipinski definition) is 5. The first-order valence-electron chi connectivity index (χ1n) is 8.14. The third-order valence-corrected chi connectivity index (χ3v) is 6.11. The van der Waals surface area contributed by atoms with Crippen molar-refractivity contribution >= 4 is 20.6 Å². The van der Waals surface area contributed by atoms with E-state index in [-0.39, 0.29) is 0 Å². The molecule has 0 aromatic heterocycles. The summed E-state index contributed by atoms with van der Waals surface area (Å²) in [6.07, 6.45) is 3.67. The summed E-state index contributed by atoms with van der Waals surface area (Å²) >= 11 is 0. The van der Waals surface area contributed by atoms with Gasteiger partial charge in [-0.2, -0.15) is 5.26 Å². The summed E-state index contributed by atoms with van der Waals surface area (Å²) in [5.74, 6) is 0. The molecule has 2 aromatic rings. The van der Waals surface area contributed by atoms with Crippen LogP contribution < -0.4 is 5.32 Å². The van der Waals surface area contributed by atoms with Crippen LogP contribution in [0.5, 0.6) is 0 Å². The van der Waals surface area contributed by atoms with Crippen molar-refractivity contribution in [2.24, 2.45) is 0 Å². The van der Waals surface area contributed by atoms with E-state index in [1.54, 1.807) is 21.3 Å². The second-order valence-electron chi connectivity index (χ2n) is 4.87. The molecule has 6 heteroatoms. The zero-order valence-corrected chi connectivity index (χ0v) is 16.9. The minimum Gasteiger partial charge on any atom is -0.377 e. The lowest BCUT2D eigenvalue weighted by Gasteiger charge is -2.22. The second-order valence-corrected chi connectivity index (χ2v) is 8.16. The summed E-state index contributed by atoms with van der Waals surface area (Å²) in [5.41, 5.74) is 2.01. The third-order valence-electron chi connectivity index (χ3n) is 3.38. The molecule has 5 nitrogen and oxygen atoms in total. The van der Waals surface area contributed by atoms with Crippen molar-refractivity contribution in [3.63, 3.8) is 0 Å². The van der Waals surface area contributed by atoms with Crippen LogP contribution in [-0.4, -0.2) is 30.1 Å². The zero-order valence-electron chi connectivity index (χ0n) is 15.9. The van der Waals surface area contributed by atoms with Gasteiger partial charge in [0.2, 0.25) is 0 Å². The maximum absolute atomic E-state index is 8.16. The fourth-order valence-corrected chi connectivity index (χ4v) is 3.22. The van der Waals surface area contributed by atoms with Crippen molar-refractivity contribution in [2.75, 3.05) is 26.6 Å². The lowest BCUT2D eigenvalue weighted by molar-refractivity contribution is 0.125. The van der Waals surface area contributed by atoms with E-state index < -0.39 is 8.80 Å². The number of nitrogens with zero attached hydrogens (tertiary/aromatic N) is 1. The van der Waals surface area contributed by atoms with Crippen LogP contribution in [0.25, 0.3) is 6.08 Å². The Kier molecular flexibility index (Phi) is 13.5. The first-order valence-corrected chi connectivity index (χ1v) is 10.1. The van der Waals surface area contributed by atoms with Crippen molar-refractivity contribution in [1.29, 1.82) is 5.26 Å². The Morgan fingerprint density at radius 2 is 1.42 bits per heavy atom. The molecule has 0 unspecified atom stereocenters. The van der Waals surface area contributed by atoms with Crippen molar-refractivity contribution < 1.29 is 13.3 Å². The average molecular weight is 373 g/mol. The Morgan fingerprint density at radius 1 is 0.962 bits per heavy atom. The monoisotopic (exact) mass is 372 g/mol. The summed E-state index contributed by atoms with van der Waals surface area (Å²) in [6, 6.07) is 20.2. The number of para-hydroxylation sites is 1. The molecule has 0 bridgehead atoms. The number of nitrogens with one attached hydrogen (secondary N) is 1. The van der Waals surface area contributed by atoms with E-state index in [0.717, 1.165) is 11.7 Å². The van der Waals surface area contributed by atoms with Gasteiger partial charge in [-0.25, -0.2) is 0 Å². The van der Waals surface area contributed by atoms with Gasteiger partial charge in [0.25, 0.3) is 0 Å². The van der Waals surface area contributed by atoms with Gasteiger partial charge >= 0.3 is 8.80 Å². The second kappa shape index (κ2) is 14.9. The molecular weight excluding hydrogens is 344 g/mol. The quantitative estimate of drug-likeness (QED) is 0.448. The number of benzene rings is 2. The molecule has 0 fully saturated rings. The standard InChI is InChI=1S/C8H8.C7H6N2.C5H14O3Si/c1-2-8-6-4-3-5-7-8;8-6-9-7-4-2-1-3-5-7;1-5-9(6-2,7-3)8-4/h2-7H,1H2;1-5,9H;5H2,1-4H3. The van der Waals surface area contributed by atoms with Crippen molar-refractivity contribution in [1.82, 2.24) is 0 Å². The highest BCUT2D eigenvalue weighted by molar-refractivity contribution is 6.60. The van der Waals surface area contributed by atoms with Crippen LogP contribution in [0.15, 0.2) is 67.2 Å². The number of rotatable bonds is 6. The van der Waals surface area contributed by atoms with E-state index in [2.05, 4.69) is 11.9 Å². The highest BCUT2D eigenvalue weighted by Gasteiger charge is 2.34. The zero-order chi connectivity index (χ0) is 19.7. The summed E-state index contributed by atoms with van der Waals surface area (Å²) in [5, 5.41) is 10.7. The van der Waals surface area contributed by atoms with E-state index >= 15 is 0 Å². The molecule has 0 aliphatic carbocycles. The Hall–Kier alpha value is -2.43. The van der Waals surface area contributed by atoms with Crippen LogP contribution in [0.2, 0.25) is 6.04 Å². The van der Waals surface area contributed by atoms with Gasteiger partial charge in [-0.15, -0.1) is 0 Å². The van der Waals surface area contributed by atoms with Crippen LogP contribution in [0.3, 0.4) is 0 Å². The van der Waals surface area contributed by atoms with Gasteiger partial charge in [-0.1, -0.05) is 68.1 Å². The van der Waals surface area contributed by atoms with Gasteiger partial charge in [-0.05, 0) is 17.7 Å². The molecule has 0 saturated carbocycles. The van der Waals surface area contributed by atoms with E-state index in [0.29, 0.717) is 0 Å². The average Bonchev–Trinajstić information content (AvgIpc) is 2.73. The number of anilines is 1. The molecule has 2 rings (SSSR count). The molecule has 0 atom stereocenters. The molecular formula is C20H28N2O3Si. The number of hydrogen-bond donors (Lipinski definition) is 1. The normalized spacial score (nSPS) is 9.50. The summed E-state index contributed by atoms with van der Waals surface area (Å²) in [4.78, 5) is 0. The highest BCUT2D eigenvalue weighted by atomic mass is 28.4. The van der Waals surface area contributed by atoms with Crippen molar-refractivity contribution in [3.05, 3.63) is 72.8 Å². The highest BCUT2D eigenvalue weighted by Crippen LogP contribution is 2.10. The Labute approximate surface area is 158 Å². The van der Waals surface area contributed by atoms with E-state index in [4.69, 9.17) is 18.5 Å². The molecule has 1 N–H and O–H groups in total. The van der Waals surface area contributed by atoms with E-state index in [1.807, 2.05) is 79.9 Å². The number of nitriles is 1. The van der Waals surface area contributed by atoms with Gasteiger partial charge in [0.15, 0.2) is 6.19 Å². The van der Waals surface area contributed by atoms with Gasteiger partial charge in [0.05, 0.1) is 0 Å². The Bertz CT molecular complexity index is 609.